The predicted octanol–water partition coefficient (Wildman–Crippen LogP) is 24.1. The van der Waals surface area contributed by atoms with Crippen LogP contribution in [0.1, 0.15) is 421 Å². The summed E-state index contributed by atoms with van der Waals surface area (Å²) in [6.07, 6.45) is 59.5. The van der Waals surface area contributed by atoms with Gasteiger partial charge < -0.3 is 33.8 Å². The smallest absolute Gasteiger partial charge is 0.462 e. The van der Waals surface area contributed by atoms with Crippen LogP contribution in [0.15, 0.2) is 0 Å². The Labute approximate surface area is 613 Å². The molecule has 0 aliphatic carbocycles. The Morgan fingerprint density at radius 2 is 0.460 bits per heavy atom. The quantitative estimate of drug-likeness (QED) is 0.0222. The van der Waals surface area contributed by atoms with E-state index in [0.717, 1.165) is 108 Å². The maximum absolute atomic E-state index is 13.1. The minimum atomic E-state index is -4.96. The predicted molar refractivity (Wildman–Crippen MR) is 409 cm³/mol. The van der Waals surface area contributed by atoms with Crippen LogP contribution in [0.5, 0.6) is 0 Å². The molecule has 0 fully saturated rings. The van der Waals surface area contributed by atoms with E-state index in [2.05, 4.69) is 48.5 Å². The van der Waals surface area contributed by atoms with Crippen LogP contribution in [-0.2, 0) is 65.4 Å². The van der Waals surface area contributed by atoms with Gasteiger partial charge in [-0.3, -0.25) is 37.3 Å². The average molecular weight is 1470 g/mol. The van der Waals surface area contributed by atoms with Crippen molar-refractivity contribution in [2.24, 2.45) is 17.8 Å². The van der Waals surface area contributed by atoms with Gasteiger partial charge in [-0.2, -0.15) is 0 Å². The number of esters is 4. The van der Waals surface area contributed by atoms with Crippen LogP contribution in [0.2, 0.25) is 0 Å². The molecule has 17 nitrogen and oxygen atoms in total. The standard InChI is InChI=1S/C81H158O17P2/c1-8-9-10-11-12-13-14-27-34-41-48-55-62-78(83)91-68-76(98-81(86)65-58-51-44-37-30-23-21-26-33-40-47-54-61-74(6)7)70-95-99(87,88)93-66-75(82)67-94-100(89,90)96-71-77(69-92-79(84)63-56-49-42-35-28-22-20-25-32-39-46-53-60-73(4)5)97-80(85)64-57-50-43-36-29-19-17-15-16-18-24-31-38-45-52-59-72(2)3/h72-77,82H,8-71H2,1-7H3,(H,87,88)(H,89,90)/t75-,76+,77+/m0/s1. The molecule has 594 valence electrons. The van der Waals surface area contributed by atoms with Crippen molar-refractivity contribution in [1.29, 1.82) is 0 Å². The van der Waals surface area contributed by atoms with Gasteiger partial charge in [0.15, 0.2) is 12.2 Å². The lowest BCUT2D eigenvalue weighted by atomic mass is 10.0. The van der Waals surface area contributed by atoms with Crippen molar-refractivity contribution < 1.29 is 80.2 Å². The number of phosphoric ester groups is 2. The Hall–Kier alpha value is -1.94. The van der Waals surface area contributed by atoms with Gasteiger partial charge in [0.2, 0.25) is 0 Å². The van der Waals surface area contributed by atoms with E-state index in [1.807, 2.05) is 0 Å². The molecule has 0 amide bonds. The molecule has 0 aromatic heterocycles. The summed E-state index contributed by atoms with van der Waals surface area (Å²) in [5.41, 5.74) is 0. The third kappa shape index (κ3) is 74.3. The summed E-state index contributed by atoms with van der Waals surface area (Å²) in [6.45, 7) is 12.0. The van der Waals surface area contributed by atoms with Crippen LogP contribution in [0, 0.1) is 17.8 Å². The molecule has 0 aliphatic rings. The van der Waals surface area contributed by atoms with E-state index in [-0.39, 0.29) is 25.7 Å². The second-order valence-corrected chi connectivity index (χ2v) is 33.5. The molecule has 0 bridgehead atoms. The highest BCUT2D eigenvalue weighted by molar-refractivity contribution is 7.47. The van der Waals surface area contributed by atoms with Crippen molar-refractivity contribution >= 4 is 39.5 Å². The van der Waals surface area contributed by atoms with Gasteiger partial charge in [0.05, 0.1) is 26.4 Å². The Bertz CT molecular complexity index is 1940. The van der Waals surface area contributed by atoms with Crippen LogP contribution < -0.4 is 0 Å². The van der Waals surface area contributed by atoms with Crippen molar-refractivity contribution in [3.63, 3.8) is 0 Å². The van der Waals surface area contributed by atoms with Crippen LogP contribution in [-0.4, -0.2) is 96.7 Å². The molecule has 3 N–H and O–H groups in total. The number of hydrogen-bond acceptors (Lipinski definition) is 15. The van der Waals surface area contributed by atoms with Gasteiger partial charge in [-0.05, 0) is 43.4 Å². The number of ether oxygens (including phenoxy) is 4. The number of phosphoric acid groups is 2. The minimum absolute atomic E-state index is 0.107. The van der Waals surface area contributed by atoms with Gasteiger partial charge in [0.25, 0.3) is 0 Å². The van der Waals surface area contributed by atoms with Crippen LogP contribution in [0.25, 0.3) is 0 Å². The molecule has 0 aliphatic heterocycles. The lowest BCUT2D eigenvalue weighted by molar-refractivity contribution is -0.161. The van der Waals surface area contributed by atoms with E-state index in [9.17, 15) is 43.2 Å². The molecular weight excluding hydrogens is 1310 g/mol. The van der Waals surface area contributed by atoms with E-state index >= 15 is 0 Å². The number of rotatable bonds is 79. The van der Waals surface area contributed by atoms with Crippen molar-refractivity contribution in [3.8, 4) is 0 Å². The molecule has 0 aromatic rings. The molecule has 0 aromatic carbocycles. The first-order chi connectivity index (χ1) is 48.2. The number of carbonyl (C=O) groups excluding carboxylic acids is 4. The molecule has 0 radical (unpaired) electrons. The van der Waals surface area contributed by atoms with Crippen LogP contribution in [0.4, 0.5) is 0 Å². The zero-order chi connectivity index (χ0) is 73.7. The molecule has 19 heteroatoms. The maximum atomic E-state index is 13.1. The molecule has 0 spiro atoms. The molecule has 0 saturated carbocycles. The molecule has 100 heavy (non-hydrogen) atoms. The topological polar surface area (TPSA) is 237 Å². The summed E-state index contributed by atoms with van der Waals surface area (Å²) >= 11 is 0. The van der Waals surface area contributed by atoms with Crippen molar-refractivity contribution in [1.82, 2.24) is 0 Å². The maximum Gasteiger partial charge on any atom is 0.472 e. The molecule has 5 atom stereocenters. The van der Waals surface area contributed by atoms with Gasteiger partial charge in [-0.1, -0.05) is 370 Å². The summed E-state index contributed by atoms with van der Waals surface area (Å²) in [5.74, 6) is 0.253. The van der Waals surface area contributed by atoms with E-state index < -0.39 is 97.5 Å². The largest absolute Gasteiger partial charge is 0.472 e. The zero-order valence-electron chi connectivity index (χ0n) is 65.7. The van der Waals surface area contributed by atoms with Crippen molar-refractivity contribution in [3.05, 3.63) is 0 Å². The fourth-order valence-corrected chi connectivity index (χ4v) is 14.1. The fraction of sp³-hybridized carbons (Fsp3) is 0.951. The van der Waals surface area contributed by atoms with E-state index in [1.165, 1.54) is 231 Å². The lowest BCUT2D eigenvalue weighted by Crippen LogP contribution is -2.30. The monoisotopic (exact) mass is 1470 g/mol. The number of aliphatic hydroxyl groups excluding tert-OH is 1. The Morgan fingerprint density at radius 1 is 0.270 bits per heavy atom. The normalized spacial score (nSPS) is 14.0. The third-order valence-corrected chi connectivity index (χ3v) is 20.8. The first kappa shape index (κ1) is 98.1. The SMILES string of the molecule is CCCCCCCCCCCCCCC(=O)OC[C@H](COP(=O)(O)OC[C@H](O)COP(=O)(O)OC[C@@H](COC(=O)CCCCCCCCCCCCCCC(C)C)OC(=O)CCCCCCCCCCCCCCCCCC(C)C)OC(=O)CCCCCCCCCCCCCCC(C)C. The highest BCUT2D eigenvalue weighted by atomic mass is 31.2. The molecule has 0 heterocycles. The highest BCUT2D eigenvalue weighted by Gasteiger charge is 2.30. The van der Waals surface area contributed by atoms with Crippen molar-refractivity contribution in [2.75, 3.05) is 39.6 Å². The van der Waals surface area contributed by atoms with Gasteiger partial charge >= 0.3 is 39.5 Å². The second kappa shape index (κ2) is 71.3. The number of aliphatic hydroxyl groups is 1. The number of hydrogen-bond donors (Lipinski definition) is 3. The molecular formula is C81H158O17P2. The van der Waals surface area contributed by atoms with Crippen molar-refractivity contribution in [2.45, 2.75) is 439 Å². The minimum Gasteiger partial charge on any atom is -0.462 e. The van der Waals surface area contributed by atoms with E-state index in [4.69, 9.17) is 37.0 Å². The van der Waals surface area contributed by atoms with Crippen LogP contribution >= 0.6 is 15.6 Å². The number of carbonyl (C=O) groups is 4. The molecule has 0 rings (SSSR count). The number of unbranched alkanes of at least 4 members (excludes halogenated alkanes) is 47. The third-order valence-electron chi connectivity index (χ3n) is 18.9. The van der Waals surface area contributed by atoms with Crippen LogP contribution in [0.3, 0.4) is 0 Å². The van der Waals surface area contributed by atoms with Gasteiger partial charge in [-0.25, -0.2) is 9.13 Å². The van der Waals surface area contributed by atoms with E-state index in [0.29, 0.717) is 25.7 Å². The fourth-order valence-electron chi connectivity index (χ4n) is 12.5. The lowest BCUT2D eigenvalue weighted by Gasteiger charge is -2.21. The average Bonchev–Trinajstić information content (AvgIpc) is 0.941. The molecule has 2 unspecified atom stereocenters. The summed E-state index contributed by atoms with van der Waals surface area (Å²) < 4.78 is 68.8. The Kier molecular flexibility index (Phi) is 69.9. The van der Waals surface area contributed by atoms with Gasteiger partial charge in [0, 0.05) is 25.7 Å². The summed E-state index contributed by atoms with van der Waals surface area (Å²) in [5, 5.41) is 10.6. The summed E-state index contributed by atoms with van der Waals surface area (Å²) in [4.78, 5) is 73.1. The highest BCUT2D eigenvalue weighted by Crippen LogP contribution is 2.45. The first-order valence-electron chi connectivity index (χ1n) is 41.8. The van der Waals surface area contributed by atoms with Gasteiger partial charge in [0.1, 0.15) is 19.3 Å². The van der Waals surface area contributed by atoms with Gasteiger partial charge in [-0.15, -0.1) is 0 Å². The summed E-state index contributed by atoms with van der Waals surface area (Å²) in [6, 6.07) is 0. The Morgan fingerprint density at radius 3 is 0.680 bits per heavy atom. The molecule has 0 saturated heterocycles. The Balaban J connectivity index is 5.27. The summed E-state index contributed by atoms with van der Waals surface area (Å²) in [7, 11) is -9.92. The first-order valence-corrected chi connectivity index (χ1v) is 44.8. The second-order valence-electron chi connectivity index (χ2n) is 30.6. The van der Waals surface area contributed by atoms with E-state index in [1.54, 1.807) is 0 Å². The zero-order valence-corrected chi connectivity index (χ0v) is 67.5.